The number of hydrogen-bond donors (Lipinski definition) is 2. The highest BCUT2D eigenvalue weighted by Crippen LogP contribution is 2.19. The Kier molecular flexibility index (Phi) is 5.08. The lowest BCUT2D eigenvalue weighted by molar-refractivity contribution is -0.136. The van der Waals surface area contributed by atoms with E-state index in [-0.39, 0.29) is 0 Å². The predicted octanol–water partition coefficient (Wildman–Crippen LogP) is 3.55. The van der Waals surface area contributed by atoms with Crippen LogP contribution in [0.15, 0.2) is 65.8 Å². The minimum atomic E-state index is -0.816. The van der Waals surface area contributed by atoms with Gasteiger partial charge in [0.15, 0.2) is 0 Å². The smallest absolute Gasteiger partial charge is 0.317 e. The Morgan fingerprint density at radius 3 is 2.27 bits per heavy atom. The van der Waals surface area contributed by atoms with Gasteiger partial charge in [0, 0.05) is 11.3 Å². The Balaban J connectivity index is 1.68. The van der Waals surface area contributed by atoms with Crippen LogP contribution in [0.5, 0.6) is 0 Å². The molecule has 0 heterocycles. The van der Waals surface area contributed by atoms with Crippen LogP contribution >= 0.6 is 0 Å². The number of carbonyl (C=O) groups excluding carboxylic acids is 2. The molecular weight excluding hydrogens is 326 g/mol. The van der Waals surface area contributed by atoms with Crippen LogP contribution in [0, 0.1) is 13.8 Å². The number of fused-ring (bicyclic) bond motifs is 1. The summed E-state index contributed by atoms with van der Waals surface area (Å²) < 4.78 is 0. The van der Waals surface area contributed by atoms with E-state index in [9.17, 15) is 9.59 Å². The summed E-state index contributed by atoms with van der Waals surface area (Å²) >= 11 is 0. The van der Waals surface area contributed by atoms with Gasteiger partial charge in [-0.3, -0.25) is 9.59 Å². The largest absolute Gasteiger partial charge is 0.329 e. The zero-order chi connectivity index (χ0) is 18.5. The minimum Gasteiger partial charge on any atom is -0.317 e. The van der Waals surface area contributed by atoms with Crippen molar-refractivity contribution in [3.05, 3.63) is 77.4 Å². The van der Waals surface area contributed by atoms with Crippen LogP contribution in [-0.4, -0.2) is 18.0 Å². The van der Waals surface area contributed by atoms with Crippen LogP contribution in [0.25, 0.3) is 10.8 Å². The number of rotatable bonds is 3. The van der Waals surface area contributed by atoms with Crippen molar-refractivity contribution in [3.8, 4) is 0 Å². The Bertz CT molecular complexity index is 984. The molecule has 0 fully saturated rings. The lowest BCUT2D eigenvalue weighted by Gasteiger charge is -2.10. The molecule has 5 nitrogen and oxygen atoms in total. The van der Waals surface area contributed by atoms with Crippen LogP contribution in [-0.2, 0) is 9.59 Å². The van der Waals surface area contributed by atoms with Crippen molar-refractivity contribution in [2.45, 2.75) is 13.8 Å². The number of hydrazone groups is 1. The molecule has 5 heteroatoms. The summed E-state index contributed by atoms with van der Waals surface area (Å²) in [5.41, 5.74) is 5.56. The highest BCUT2D eigenvalue weighted by atomic mass is 16.2. The van der Waals surface area contributed by atoms with Gasteiger partial charge in [-0.2, -0.15) is 5.10 Å². The number of hydrogen-bond acceptors (Lipinski definition) is 3. The summed E-state index contributed by atoms with van der Waals surface area (Å²) in [4.78, 5) is 24.1. The molecule has 2 amide bonds. The zero-order valence-electron chi connectivity index (χ0n) is 14.6. The topological polar surface area (TPSA) is 70.6 Å². The monoisotopic (exact) mass is 345 g/mol. The van der Waals surface area contributed by atoms with E-state index in [0.717, 1.165) is 27.5 Å². The molecule has 0 saturated carbocycles. The molecule has 0 aliphatic carbocycles. The highest BCUT2D eigenvalue weighted by molar-refractivity contribution is 6.39. The number of nitrogens with one attached hydrogen (secondary N) is 2. The third-order valence-corrected chi connectivity index (χ3v) is 4.12. The van der Waals surface area contributed by atoms with Crippen LogP contribution < -0.4 is 10.7 Å². The quantitative estimate of drug-likeness (QED) is 0.433. The maximum atomic E-state index is 12.1. The van der Waals surface area contributed by atoms with Crippen molar-refractivity contribution in [2.75, 3.05) is 5.32 Å². The van der Waals surface area contributed by atoms with Crippen molar-refractivity contribution in [1.82, 2.24) is 5.43 Å². The van der Waals surface area contributed by atoms with E-state index in [2.05, 4.69) is 15.8 Å². The molecule has 0 aromatic heterocycles. The molecule has 3 rings (SSSR count). The van der Waals surface area contributed by atoms with Crippen molar-refractivity contribution in [2.24, 2.45) is 5.10 Å². The molecule has 0 atom stereocenters. The molecule has 3 aromatic rings. The number of amides is 2. The Hall–Kier alpha value is -3.47. The van der Waals surface area contributed by atoms with Gasteiger partial charge in [-0.15, -0.1) is 0 Å². The summed E-state index contributed by atoms with van der Waals surface area (Å²) in [6.45, 7) is 3.75. The Morgan fingerprint density at radius 2 is 1.50 bits per heavy atom. The van der Waals surface area contributed by atoms with E-state index in [1.807, 2.05) is 74.5 Å². The van der Waals surface area contributed by atoms with Gasteiger partial charge in [0.25, 0.3) is 0 Å². The number of para-hydroxylation sites is 1. The van der Waals surface area contributed by atoms with Gasteiger partial charge in [0.05, 0.1) is 6.21 Å². The maximum Gasteiger partial charge on any atom is 0.329 e. The summed E-state index contributed by atoms with van der Waals surface area (Å²) in [5.74, 6) is -1.57. The summed E-state index contributed by atoms with van der Waals surface area (Å²) in [5, 5.41) is 8.65. The fraction of sp³-hybridized carbons (Fsp3) is 0.0952. The number of aryl methyl sites for hydroxylation is 2. The number of benzene rings is 3. The standard InChI is InChI=1S/C21H19N3O2/c1-14-7-5-8-15(2)19(14)23-20(25)21(26)24-22-13-17-11-6-10-16-9-3-4-12-18(16)17/h3-13H,1-2H3,(H,23,25)(H,24,26)/b22-13-. The second kappa shape index (κ2) is 7.61. The molecule has 26 heavy (non-hydrogen) atoms. The van der Waals surface area contributed by atoms with E-state index < -0.39 is 11.8 Å². The van der Waals surface area contributed by atoms with Crippen LogP contribution in [0.2, 0.25) is 0 Å². The minimum absolute atomic E-state index is 0.644. The number of nitrogens with zero attached hydrogens (tertiary/aromatic N) is 1. The van der Waals surface area contributed by atoms with E-state index >= 15 is 0 Å². The first-order valence-electron chi connectivity index (χ1n) is 8.24. The fourth-order valence-electron chi connectivity index (χ4n) is 2.76. The molecule has 0 saturated heterocycles. The van der Waals surface area contributed by atoms with Gasteiger partial charge in [-0.05, 0) is 35.7 Å². The Morgan fingerprint density at radius 1 is 0.846 bits per heavy atom. The summed E-state index contributed by atoms with van der Waals surface area (Å²) in [6.07, 6.45) is 1.53. The van der Waals surface area contributed by atoms with Crippen LogP contribution in [0.4, 0.5) is 5.69 Å². The first-order chi connectivity index (χ1) is 12.6. The van der Waals surface area contributed by atoms with Crippen LogP contribution in [0.3, 0.4) is 0 Å². The predicted molar refractivity (Wildman–Crippen MR) is 104 cm³/mol. The lowest BCUT2D eigenvalue weighted by atomic mass is 10.1. The van der Waals surface area contributed by atoms with Gasteiger partial charge in [0.1, 0.15) is 0 Å². The molecule has 130 valence electrons. The van der Waals surface area contributed by atoms with E-state index in [1.165, 1.54) is 6.21 Å². The molecule has 0 bridgehead atoms. The summed E-state index contributed by atoms with van der Waals surface area (Å²) in [7, 11) is 0. The van der Waals surface area contributed by atoms with Crippen molar-refractivity contribution >= 4 is 34.5 Å². The molecule has 0 unspecified atom stereocenters. The van der Waals surface area contributed by atoms with Crippen molar-refractivity contribution < 1.29 is 9.59 Å². The third kappa shape index (κ3) is 3.78. The SMILES string of the molecule is Cc1cccc(C)c1NC(=O)C(=O)N/N=C\c1cccc2ccccc12. The average Bonchev–Trinajstić information content (AvgIpc) is 2.64. The fourth-order valence-corrected chi connectivity index (χ4v) is 2.76. The molecule has 0 aliphatic heterocycles. The molecule has 3 aromatic carbocycles. The van der Waals surface area contributed by atoms with Crippen LogP contribution in [0.1, 0.15) is 16.7 Å². The number of carbonyl (C=O) groups is 2. The van der Waals surface area contributed by atoms with Crippen molar-refractivity contribution in [1.29, 1.82) is 0 Å². The first-order valence-corrected chi connectivity index (χ1v) is 8.24. The maximum absolute atomic E-state index is 12.1. The van der Waals surface area contributed by atoms with E-state index in [1.54, 1.807) is 0 Å². The zero-order valence-corrected chi connectivity index (χ0v) is 14.6. The van der Waals surface area contributed by atoms with Gasteiger partial charge in [0.2, 0.25) is 0 Å². The van der Waals surface area contributed by atoms with Crippen molar-refractivity contribution in [3.63, 3.8) is 0 Å². The van der Waals surface area contributed by atoms with E-state index in [4.69, 9.17) is 0 Å². The summed E-state index contributed by atoms with van der Waals surface area (Å²) in [6, 6.07) is 19.3. The average molecular weight is 345 g/mol. The molecule has 0 radical (unpaired) electrons. The second-order valence-electron chi connectivity index (χ2n) is 5.99. The lowest BCUT2D eigenvalue weighted by Crippen LogP contribution is -2.32. The molecular formula is C21H19N3O2. The van der Waals surface area contributed by atoms with Gasteiger partial charge in [-0.1, -0.05) is 60.7 Å². The first kappa shape index (κ1) is 17.4. The number of anilines is 1. The highest BCUT2D eigenvalue weighted by Gasteiger charge is 2.15. The second-order valence-corrected chi connectivity index (χ2v) is 5.99. The molecule has 0 spiro atoms. The van der Waals surface area contributed by atoms with Gasteiger partial charge in [-0.25, -0.2) is 5.43 Å². The third-order valence-electron chi connectivity index (χ3n) is 4.12. The van der Waals surface area contributed by atoms with Gasteiger partial charge < -0.3 is 5.32 Å². The van der Waals surface area contributed by atoms with E-state index in [0.29, 0.717) is 5.69 Å². The normalized spacial score (nSPS) is 10.8. The molecule has 0 aliphatic rings. The molecule has 2 N–H and O–H groups in total. The Labute approximate surface area is 151 Å². The van der Waals surface area contributed by atoms with Gasteiger partial charge >= 0.3 is 11.8 Å².